The van der Waals surface area contributed by atoms with Crippen molar-refractivity contribution in [3.8, 4) is 0 Å². The van der Waals surface area contributed by atoms with Crippen molar-refractivity contribution in [1.29, 1.82) is 0 Å². The zero-order chi connectivity index (χ0) is 13.4. The highest BCUT2D eigenvalue weighted by molar-refractivity contribution is 5.88. The number of esters is 1. The number of carbonyl (C=O) groups excluding carboxylic acids is 1. The van der Waals surface area contributed by atoms with Crippen LogP contribution in [0.5, 0.6) is 0 Å². The molecule has 0 saturated carbocycles. The number of hydrogen-bond acceptors (Lipinski definition) is 2. The SMILES string of the molecule is COC(=O)[C@@H]1CCCCc2c1[nH]c1ccc(F)cc21. The maximum atomic E-state index is 13.4. The number of halogens is 1. The summed E-state index contributed by atoms with van der Waals surface area (Å²) in [6.07, 6.45) is 3.67. The third-order valence-electron chi connectivity index (χ3n) is 3.90. The molecule has 1 aromatic heterocycles. The van der Waals surface area contributed by atoms with Crippen LogP contribution in [0, 0.1) is 5.82 Å². The van der Waals surface area contributed by atoms with Crippen molar-refractivity contribution in [2.75, 3.05) is 7.11 Å². The number of H-pyrrole nitrogens is 1. The van der Waals surface area contributed by atoms with Gasteiger partial charge in [-0.25, -0.2) is 4.39 Å². The van der Waals surface area contributed by atoms with Crippen LogP contribution in [0.15, 0.2) is 18.2 Å². The second kappa shape index (κ2) is 4.68. The van der Waals surface area contributed by atoms with E-state index in [0.29, 0.717) is 0 Å². The minimum atomic E-state index is -0.252. The number of aromatic nitrogens is 1. The van der Waals surface area contributed by atoms with Crippen molar-refractivity contribution in [3.05, 3.63) is 35.3 Å². The summed E-state index contributed by atoms with van der Waals surface area (Å²) in [7, 11) is 1.41. The maximum Gasteiger partial charge on any atom is 0.314 e. The lowest BCUT2D eigenvalue weighted by Crippen LogP contribution is -2.14. The minimum Gasteiger partial charge on any atom is -0.469 e. The van der Waals surface area contributed by atoms with Crippen molar-refractivity contribution in [3.63, 3.8) is 0 Å². The Morgan fingerprint density at radius 3 is 3.05 bits per heavy atom. The third kappa shape index (κ3) is 2.01. The number of carbonyl (C=O) groups is 1. The standard InChI is InChI=1S/C15H16FNO2/c1-19-15(18)11-5-3-2-4-10-12-8-9(16)6-7-13(12)17-14(10)11/h6-8,11,17H,2-5H2,1H3/t11-/m1/s1. The molecule has 3 nitrogen and oxygen atoms in total. The zero-order valence-corrected chi connectivity index (χ0v) is 10.8. The van der Waals surface area contributed by atoms with Gasteiger partial charge in [-0.05, 0) is 43.0 Å². The Morgan fingerprint density at radius 1 is 1.42 bits per heavy atom. The Kier molecular flexibility index (Phi) is 3.01. The molecule has 0 fully saturated rings. The summed E-state index contributed by atoms with van der Waals surface area (Å²) in [4.78, 5) is 15.2. The van der Waals surface area contributed by atoms with Gasteiger partial charge >= 0.3 is 5.97 Å². The van der Waals surface area contributed by atoms with E-state index >= 15 is 0 Å². The number of ether oxygens (including phenoxy) is 1. The van der Waals surface area contributed by atoms with E-state index in [2.05, 4.69) is 4.98 Å². The average molecular weight is 261 g/mol. The molecular weight excluding hydrogens is 245 g/mol. The van der Waals surface area contributed by atoms with Crippen LogP contribution < -0.4 is 0 Å². The van der Waals surface area contributed by atoms with Crippen LogP contribution in [0.2, 0.25) is 0 Å². The summed E-state index contributed by atoms with van der Waals surface area (Å²) < 4.78 is 18.3. The van der Waals surface area contributed by atoms with E-state index in [1.807, 2.05) is 0 Å². The van der Waals surface area contributed by atoms with Crippen molar-refractivity contribution >= 4 is 16.9 Å². The topological polar surface area (TPSA) is 42.1 Å². The average Bonchev–Trinajstić information content (AvgIpc) is 2.63. The summed E-state index contributed by atoms with van der Waals surface area (Å²) in [5.41, 5.74) is 2.87. The quantitative estimate of drug-likeness (QED) is 0.632. The van der Waals surface area contributed by atoms with Gasteiger partial charge in [0.15, 0.2) is 0 Å². The predicted octanol–water partition coefficient (Wildman–Crippen LogP) is 3.29. The van der Waals surface area contributed by atoms with E-state index < -0.39 is 0 Å². The minimum absolute atomic E-state index is 0.213. The number of methoxy groups -OCH3 is 1. The van der Waals surface area contributed by atoms with Gasteiger partial charge in [-0.2, -0.15) is 0 Å². The van der Waals surface area contributed by atoms with Crippen LogP contribution in [-0.2, 0) is 16.0 Å². The van der Waals surface area contributed by atoms with Gasteiger partial charge in [-0.1, -0.05) is 6.42 Å². The van der Waals surface area contributed by atoms with E-state index in [9.17, 15) is 9.18 Å². The number of benzene rings is 1. The molecule has 1 atom stereocenters. The molecule has 1 N–H and O–H groups in total. The number of aryl methyl sites for hydroxylation is 1. The molecule has 4 heteroatoms. The van der Waals surface area contributed by atoms with Crippen LogP contribution in [-0.4, -0.2) is 18.1 Å². The fourth-order valence-corrected chi connectivity index (χ4v) is 2.98. The molecule has 1 aliphatic rings. The summed E-state index contributed by atoms with van der Waals surface area (Å²) in [6.45, 7) is 0. The van der Waals surface area contributed by atoms with Crippen molar-refractivity contribution in [2.45, 2.75) is 31.6 Å². The second-order valence-corrected chi connectivity index (χ2v) is 5.03. The van der Waals surface area contributed by atoms with Gasteiger partial charge in [0.2, 0.25) is 0 Å². The molecule has 1 aliphatic carbocycles. The first-order valence-electron chi connectivity index (χ1n) is 6.58. The number of aromatic amines is 1. The molecule has 100 valence electrons. The van der Waals surface area contributed by atoms with Crippen molar-refractivity contribution in [2.24, 2.45) is 0 Å². The van der Waals surface area contributed by atoms with Crippen molar-refractivity contribution < 1.29 is 13.9 Å². The predicted molar refractivity (Wildman–Crippen MR) is 70.6 cm³/mol. The van der Waals surface area contributed by atoms with E-state index in [1.165, 1.54) is 13.2 Å². The Labute approximate surface area is 110 Å². The molecule has 19 heavy (non-hydrogen) atoms. The Bertz CT molecular complexity index is 632. The molecule has 0 amide bonds. The van der Waals surface area contributed by atoms with Crippen LogP contribution >= 0.6 is 0 Å². The highest BCUT2D eigenvalue weighted by Crippen LogP contribution is 2.35. The van der Waals surface area contributed by atoms with E-state index in [0.717, 1.165) is 47.8 Å². The smallest absolute Gasteiger partial charge is 0.314 e. The fraction of sp³-hybridized carbons (Fsp3) is 0.400. The molecule has 0 aliphatic heterocycles. The first-order chi connectivity index (χ1) is 9.20. The molecule has 0 bridgehead atoms. The van der Waals surface area contributed by atoms with Gasteiger partial charge in [0.05, 0.1) is 13.0 Å². The number of nitrogens with one attached hydrogen (secondary N) is 1. The van der Waals surface area contributed by atoms with Gasteiger partial charge in [0.25, 0.3) is 0 Å². The molecule has 1 heterocycles. The van der Waals surface area contributed by atoms with Crippen molar-refractivity contribution in [1.82, 2.24) is 4.98 Å². The lowest BCUT2D eigenvalue weighted by molar-refractivity contribution is -0.142. The Morgan fingerprint density at radius 2 is 2.26 bits per heavy atom. The molecule has 3 rings (SSSR count). The van der Waals surface area contributed by atoms with Crippen LogP contribution in [0.1, 0.15) is 36.4 Å². The molecule has 1 aromatic carbocycles. The first-order valence-corrected chi connectivity index (χ1v) is 6.58. The van der Waals surface area contributed by atoms with Gasteiger partial charge in [0.1, 0.15) is 5.82 Å². The monoisotopic (exact) mass is 261 g/mol. The van der Waals surface area contributed by atoms with Gasteiger partial charge in [0, 0.05) is 16.6 Å². The number of rotatable bonds is 1. The Hall–Kier alpha value is -1.84. The van der Waals surface area contributed by atoms with E-state index in [-0.39, 0.29) is 17.7 Å². The Balaban J connectivity index is 2.19. The molecule has 0 radical (unpaired) electrons. The molecular formula is C15H16FNO2. The molecule has 0 spiro atoms. The molecule has 0 saturated heterocycles. The van der Waals surface area contributed by atoms with Crippen LogP contribution in [0.25, 0.3) is 10.9 Å². The summed E-state index contributed by atoms with van der Waals surface area (Å²) in [5.74, 6) is -0.707. The maximum absolute atomic E-state index is 13.4. The van der Waals surface area contributed by atoms with Gasteiger partial charge in [-0.3, -0.25) is 4.79 Å². The van der Waals surface area contributed by atoms with Crippen LogP contribution in [0.3, 0.4) is 0 Å². The highest BCUT2D eigenvalue weighted by atomic mass is 19.1. The number of fused-ring (bicyclic) bond motifs is 3. The normalized spacial score (nSPS) is 18.9. The summed E-state index contributed by atoms with van der Waals surface area (Å²) in [6, 6.07) is 4.71. The first kappa shape index (κ1) is 12.2. The molecule has 2 aromatic rings. The number of hydrogen-bond donors (Lipinski definition) is 1. The fourth-order valence-electron chi connectivity index (χ4n) is 2.98. The lowest BCUT2D eigenvalue weighted by Gasteiger charge is -2.11. The second-order valence-electron chi connectivity index (χ2n) is 5.03. The third-order valence-corrected chi connectivity index (χ3v) is 3.90. The largest absolute Gasteiger partial charge is 0.469 e. The summed E-state index contributed by atoms with van der Waals surface area (Å²) >= 11 is 0. The highest BCUT2D eigenvalue weighted by Gasteiger charge is 2.28. The zero-order valence-electron chi connectivity index (χ0n) is 10.8. The van der Waals surface area contributed by atoms with Gasteiger partial charge < -0.3 is 9.72 Å². The van der Waals surface area contributed by atoms with Crippen LogP contribution in [0.4, 0.5) is 4.39 Å². The van der Waals surface area contributed by atoms with E-state index in [1.54, 1.807) is 12.1 Å². The van der Waals surface area contributed by atoms with E-state index in [4.69, 9.17) is 4.74 Å². The summed E-state index contributed by atoms with van der Waals surface area (Å²) in [5, 5.41) is 0.894. The molecule has 0 unspecified atom stereocenters. The van der Waals surface area contributed by atoms with Gasteiger partial charge in [-0.15, -0.1) is 0 Å². The lowest BCUT2D eigenvalue weighted by atomic mass is 9.98.